The number of benzene rings is 2. The van der Waals surface area contributed by atoms with Crippen LogP contribution in [0.3, 0.4) is 0 Å². The predicted octanol–water partition coefficient (Wildman–Crippen LogP) is 4.51. The monoisotopic (exact) mass is 489 g/mol. The number of sulfonamides is 1. The minimum absolute atomic E-state index is 0.0144. The summed E-state index contributed by atoms with van der Waals surface area (Å²) in [5.74, 6) is -1.65. The molecule has 0 bridgehead atoms. The van der Waals surface area contributed by atoms with Gasteiger partial charge < -0.3 is 9.47 Å². The summed E-state index contributed by atoms with van der Waals surface area (Å²) in [4.78, 5) is 24.1. The summed E-state index contributed by atoms with van der Waals surface area (Å²) in [7, 11) is -3.15. The Morgan fingerprint density at radius 1 is 1.15 bits per heavy atom. The Morgan fingerprint density at radius 2 is 1.82 bits per heavy atom. The van der Waals surface area contributed by atoms with Crippen molar-refractivity contribution in [3.05, 3.63) is 52.8 Å². The molecule has 2 aromatic carbocycles. The number of carbonyl (C=O) groups is 2. The molecule has 0 aliphatic heterocycles. The minimum Gasteiger partial charge on any atom is -0.465 e. The highest BCUT2D eigenvalue weighted by atomic mass is 32.2. The topological polar surface area (TPSA) is 135 Å². The summed E-state index contributed by atoms with van der Waals surface area (Å²) in [6, 6.07) is 7.69. The quantitative estimate of drug-likeness (QED) is 0.570. The molecule has 9 nitrogen and oxygen atoms in total. The first-order valence-corrected chi connectivity index (χ1v) is 11.8. The van der Waals surface area contributed by atoms with E-state index in [-0.39, 0.29) is 27.8 Å². The maximum absolute atomic E-state index is 14.3. The molecule has 0 radical (unpaired) electrons. The molecule has 180 valence electrons. The highest BCUT2D eigenvalue weighted by molar-refractivity contribution is 7.92. The van der Waals surface area contributed by atoms with Gasteiger partial charge in [-0.15, -0.1) is 0 Å². The van der Waals surface area contributed by atoms with Gasteiger partial charge in [-0.05, 0) is 63.3 Å². The molecule has 1 amide bonds. The molecule has 0 unspecified atom stereocenters. The van der Waals surface area contributed by atoms with Crippen LogP contribution in [-0.4, -0.2) is 33.2 Å². The Morgan fingerprint density at radius 3 is 2.38 bits per heavy atom. The lowest BCUT2D eigenvalue weighted by Gasteiger charge is -2.21. The van der Waals surface area contributed by atoms with Crippen LogP contribution in [0, 0.1) is 17.1 Å². The average Bonchev–Trinajstić information content (AvgIpc) is 3.58. The van der Waals surface area contributed by atoms with Crippen molar-refractivity contribution in [3.63, 3.8) is 0 Å². The number of hydrogen-bond acceptors (Lipinski definition) is 7. The van der Waals surface area contributed by atoms with Gasteiger partial charge in [0, 0.05) is 6.07 Å². The number of nitrogens with one attached hydrogen (secondary N) is 2. The number of rotatable bonds is 6. The molecule has 11 heteroatoms. The summed E-state index contributed by atoms with van der Waals surface area (Å²) in [6.45, 7) is 4.88. The fourth-order valence-corrected chi connectivity index (χ4v) is 4.60. The number of esters is 1. The zero-order chi connectivity index (χ0) is 25.3. The van der Waals surface area contributed by atoms with Gasteiger partial charge in [-0.1, -0.05) is 6.07 Å². The number of hydrogen-bond donors (Lipinski definition) is 2. The molecule has 1 fully saturated rings. The highest BCUT2D eigenvalue weighted by Gasteiger charge is 2.32. The first-order chi connectivity index (χ1) is 15.8. The molecule has 2 aromatic rings. The first kappa shape index (κ1) is 25.0. The van der Waals surface area contributed by atoms with Crippen molar-refractivity contribution in [2.24, 2.45) is 0 Å². The molecule has 34 heavy (non-hydrogen) atoms. The summed E-state index contributed by atoms with van der Waals surface area (Å²) < 4.78 is 53.2. The number of anilines is 2. The Hall–Kier alpha value is -3.65. The predicted molar refractivity (Wildman–Crippen MR) is 122 cm³/mol. The van der Waals surface area contributed by atoms with E-state index in [0.717, 1.165) is 25.0 Å². The van der Waals surface area contributed by atoms with Crippen molar-refractivity contribution in [1.29, 1.82) is 5.26 Å². The second-order valence-corrected chi connectivity index (χ2v) is 10.4. The summed E-state index contributed by atoms with van der Waals surface area (Å²) >= 11 is 0. The summed E-state index contributed by atoms with van der Waals surface area (Å²) in [5, 5.41) is 11.5. The van der Waals surface area contributed by atoms with E-state index in [1.807, 2.05) is 0 Å². The molecule has 0 atom stereocenters. The molecule has 1 saturated carbocycles. The normalized spacial score (nSPS) is 13.5. The summed E-state index contributed by atoms with van der Waals surface area (Å²) in [5.41, 5.74) is -1.22. The van der Waals surface area contributed by atoms with Crippen LogP contribution in [-0.2, 0) is 19.5 Å². The van der Waals surface area contributed by atoms with E-state index in [1.165, 1.54) is 19.2 Å². The SMILES string of the molecule is COC(=O)c1ccc(C2CC2)c(S(=O)(=O)Nc2cc(C#N)c(F)cc2NC(=O)OC(C)(C)C)c1. The largest absolute Gasteiger partial charge is 0.465 e. The number of carbonyl (C=O) groups excluding carboxylic acids is 2. The zero-order valence-corrected chi connectivity index (χ0v) is 19.9. The summed E-state index contributed by atoms with van der Waals surface area (Å²) in [6.07, 6.45) is 0.643. The molecule has 1 aliphatic carbocycles. The second-order valence-electron chi connectivity index (χ2n) is 8.74. The van der Waals surface area contributed by atoms with Gasteiger partial charge >= 0.3 is 12.1 Å². The van der Waals surface area contributed by atoms with E-state index >= 15 is 0 Å². The minimum atomic E-state index is -4.33. The lowest BCUT2D eigenvalue weighted by Crippen LogP contribution is -2.28. The van der Waals surface area contributed by atoms with Crippen LogP contribution in [0.2, 0.25) is 0 Å². The van der Waals surface area contributed by atoms with Gasteiger partial charge in [0.05, 0.1) is 34.5 Å². The number of halogens is 1. The maximum atomic E-state index is 14.3. The van der Waals surface area contributed by atoms with Crippen LogP contribution in [0.4, 0.5) is 20.6 Å². The van der Waals surface area contributed by atoms with Crippen LogP contribution in [0.15, 0.2) is 35.2 Å². The zero-order valence-electron chi connectivity index (χ0n) is 19.1. The fourth-order valence-electron chi connectivity index (χ4n) is 3.20. The van der Waals surface area contributed by atoms with Gasteiger partial charge in [-0.2, -0.15) is 5.26 Å². The van der Waals surface area contributed by atoms with E-state index in [4.69, 9.17) is 9.47 Å². The second kappa shape index (κ2) is 9.30. The van der Waals surface area contributed by atoms with Gasteiger partial charge in [0.25, 0.3) is 10.0 Å². The molecule has 0 heterocycles. The van der Waals surface area contributed by atoms with Gasteiger partial charge in [-0.3, -0.25) is 10.0 Å². The van der Waals surface area contributed by atoms with Gasteiger partial charge in [0.2, 0.25) is 0 Å². The van der Waals surface area contributed by atoms with E-state index in [9.17, 15) is 27.7 Å². The number of ether oxygens (including phenoxy) is 2. The third kappa shape index (κ3) is 5.82. The van der Waals surface area contributed by atoms with Gasteiger partial charge in [0.15, 0.2) is 0 Å². The molecule has 0 aromatic heterocycles. The fraction of sp³-hybridized carbons (Fsp3) is 0.348. The first-order valence-electron chi connectivity index (χ1n) is 10.3. The van der Waals surface area contributed by atoms with Crippen LogP contribution >= 0.6 is 0 Å². The number of nitrogens with zero attached hydrogens (tertiary/aromatic N) is 1. The smallest absolute Gasteiger partial charge is 0.412 e. The number of nitriles is 1. The molecule has 0 spiro atoms. The third-order valence-electron chi connectivity index (χ3n) is 4.85. The van der Waals surface area contributed by atoms with Crippen molar-refractivity contribution >= 4 is 33.5 Å². The van der Waals surface area contributed by atoms with Gasteiger partial charge in [0.1, 0.15) is 17.5 Å². The lowest BCUT2D eigenvalue weighted by molar-refractivity contribution is 0.0597. The van der Waals surface area contributed by atoms with E-state index in [0.29, 0.717) is 5.56 Å². The van der Waals surface area contributed by atoms with E-state index in [2.05, 4.69) is 10.0 Å². The van der Waals surface area contributed by atoms with Crippen molar-refractivity contribution in [2.75, 3.05) is 17.1 Å². The van der Waals surface area contributed by atoms with Crippen LogP contribution in [0.1, 0.15) is 61.0 Å². The molecule has 2 N–H and O–H groups in total. The Bertz CT molecular complexity index is 1290. The molecule has 0 saturated heterocycles. The van der Waals surface area contributed by atoms with Crippen LogP contribution < -0.4 is 10.0 Å². The Labute approximate surface area is 196 Å². The lowest BCUT2D eigenvalue weighted by atomic mass is 10.1. The molecule has 3 rings (SSSR count). The molecular formula is C23H24FN3O6S. The van der Waals surface area contributed by atoms with Crippen molar-refractivity contribution < 1.29 is 31.9 Å². The maximum Gasteiger partial charge on any atom is 0.412 e. The third-order valence-corrected chi connectivity index (χ3v) is 6.27. The van der Waals surface area contributed by atoms with Crippen LogP contribution in [0.25, 0.3) is 0 Å². The average molecular weight is 490 g/mol. The Balaban J connectivity index is 2.05. The standard InChI is InChI=1S/C23H24FN3O6S/c1-23(2,3)33-22(29)26-18-11-17(24)15(12-25)9-19(18)27-34(30,31)20-10-14(21(28)32-4)7-8-16(20)13-5-6-13/h7-11,13,27H,5-6H2,1-4H3,(H,26,29). The number of amides is 1. The van der Waals surface area contributed by atoms with Crippen molar-refractivity contribution in [3.8, 4) is 6.07 Å². The van der Waals surface area contributed by atoms with Crippen molar-refractivity contribution in [1.82, 2.24) is 0 Å². The number of methoxy groups -OCH3 is 1. The molecule has 1 aliphatic rings. The highest BCUT2D eigenvalue weighted by Crippen LogP contribution is 2.43. The van der Waals surface area contributed by atoms with Crippen LogP contribution in [0.5, 0.6) is 0 Å². The molecular weight excluding hydrogens is 465 g/mol. The van der Waals surface area contributed by atoms with Crippen molar-refractivity contribution in [2.45, 2.75) is 50.0 Å². The van der Waals surface area contributed by atoms with E-state index in [1.54, 1.807) is 32.9 Å². The van der Waals surface area contributed by atoms with Gasteiger partial charge in [-0.25, -0.2) is 22.4 Å². The van der Waals surface area contributed by atoms with E-state index < -0.39 is 39.1 Å². The Kier molecular flexibility index (Phi) is 6.84.